The molecule has 2 amide bonds. The number of anilines is 1. The van der Waals surface area contributed by atoms with Crippen LogP contribution in [-0.4, -0.2) is 40.8 Å². The molecule has 34 heavy (non-hydrogen) atoms. The third kappa shape index (κ3) is 4.56. The Labute approximate surface area is 196 Å². The van der Waals surface area contributed by atoms with Crippen LogP contribution in [0.25, 0.3) is 11.1 Å². The van der Waals surface area contributed by atoms with Crippen LogP contribution >= 0.6 is 0 Å². The number of hydrogen-bond acceptors (Lipinski definition) is 5. The van der Waals surface area contributed by atoms with Gasteiger partial charge in [0.1, 0.15) is 24.0 Å². The zero-order chi connectivity index (χ0) is 24.2. The van der Waals surface area contributed by atoms with Crippen LogP contribution in [0.1, 0.15) is 40.7 Å². The molecule has 0 saturated heterocycles. The highest BCUT2D eigenvalue weighted by atomic mass is 16.5. The van der Waals surface area contributed by atoms with E-state index < -0.39 is 29.8 Å². The SMILES string of the molecule is CC[C@H](NC(=O)OCC1c2ccccc2-c2ccccc21)C(=O)Nc1ccc(O)c(C(=O)O)c1. The number of alkyl carbamates (subject to hydrolysis) is 1. The molecule has 0 unspecified atom stereocenters. The first-order valence-electron chi connectivity index (χ1n) is 10.9. The van der Waals surface area contributed by atoms with Gasteiger partial charge in [-0.25, -0.2) is 9.59 Å². The Morgan fingerprint density at radius 3 is 2.18 bits per heavy atom. The van der Waals surface area contributed by atoms with Crippen LogP contribution < -0.4 is 10.6 Å². The molecule has 3 aromatic rings. The summed E-state index contributed by atoms with van der Waals surface area (Å²) >= 11 is 0. The molecule has 1 aliphatic rings. The largest absolute Gasteiger partial charge is 0.507 e. The topological polar surface area (TPSA) is 125 Å². The second kappa shape index (κ2) is 9.66. The first-order valence-corrected chi connectivity index (χ1v) is 10.9. The molecule has 174 valence electrons. The molecule has 0 bridgehead atoms. The van der Waals surface area contributed by atoms with Gasteiger partial charge in [-0.15, -0.1) is 0 Å². The summed E-state index contributed by atoms with van der Waals surface area (Å²) in [6.07, 6.45) is -0.430. The number of aromatic hydroxyl groups is 1. The summed E-state index contributed by atoms with van der Waals surface area (Å²) in [5.74, 6) is -2.36. The Morgan fingerprint density at radius 2 is 1.59 bits per heavy atom. The van der Waals surface area contributed by atoms with E-state index in [0.717, 1.165) is 28.3 Å². The normalized spacial score (nSPS) is 12.9. The smallest absolute Gasteiger partial charge is 0.407 e. The summed E-state index contributed by atoms with van der Waals surface area (Å²) in [6, 6.07) is 18.8. The maximum absolute atomic E-state index is 12.6. The molecule has 0 aromatic heterocycles. The fourth-order valence-electron chi connectivity index (χ4n) is 4.15. The first-order chi connectivity index (χ1) is 16.4. The minimum absolute atomic E-state index is 0.0986. The third-order valence-electron chi connectivity index (χ3n) is 5.85. The van der Waals surface area contributed by atoms with E-state index in [1.54, 1.807) is 6.92 Å². The summed E-state index contributed by atoms with van der Waals surface area (Å²) in [4.78, 5) is 36.3. The lowest BCUT2D eigenvalue weighted by Crippen LogP contribution is -2.43. The van der Waals surface area contributed by atoms with E-state index in [4.69, 9.17) is 9.84 Å². The molecule has 8 nitrogen and oxygen atoms in total. The number of amides is 2. The molecule has 0 fully saturated rings. The van der Waals surface area contributed by atoms with Crippen molar-refractivity contribution in [2.24, 2.45) is 0 Å². The molecular weight excluding hydrogens is 436 g/mol. The van der Waals surface area contributed by atoms with Crippen molar-refractivity contribution >= 4 is 23.7 Å². The fourth-order valence-corrected chi connectivity index (χ4v) is 4.15. The number of benzene rings is 3. The van der Waals surface area contributed by atoms with Crippen LogP contribution in [0, 0.1) is 0 Å². The van der Waals surface area contributed by atoms with Crippen molar-refractivity contribution in [2.45, 2.75) is 25.3 Å². The number of carbonyl (C=O) groups is 3. The van der Waals surface area contributed by atoms with Gasteiger partial charge in [0, 0.05) is 11.6 Å². The number of carboxylic acids is 1. The quantitative estimate of drug-likeness (QED) is 0.389. The van der Waals surface area contributed by atoms with E-state index in [1.165, 1.54) is 12.1 Å². The summed E-state index contributed by atoms with van der Waals surface area (Å²) in [7, 11) is 0. The van der Waals surface area contributed by atoms with Crippen molar-refractivity contribution in [3.63, 3.8) is 0 Å². The van der Waals surface area contributed by atoms with Crippen LogP contribution in [0.5, 0.6) is 5.75 Å². The lowest BCUT2D eigenvalue weighted by atomic mass is 9.98. The molecule has 0 spiro atoms. The van der Waals surface area contributed by atoms with Gasteiger partial charge in [0.05, 0.1) is 0 Å². The number of hydrogen-bond donors (Lipinski definition) is 4. The van der Waals surface area contributed by atoms with Crippen LogP contribution in [0.2, 0.25) is 0 Å². The number of carbonyl (C=O) groups excluding carboxylic acids is 2. The number of nitrogens with one attached hydrogen (secondary N) is 2. The van der Waals surface area contributed by atoms with Crippen LogP contribution in [0.4, 0.5) is 10.5 Å². The van der Waals surface area contributed by atoms with Gasteiger partial charge in [0.2, 0.25) is 5.91 Å². The van der Waals surface area contributed by atoms with Crippen molar-refractivity contribution in [1.82, 2.24) is 5.32 Å². The number of phenols is 1. The van der Waals surface area contributed by atoms with Gasteiger partial charge in [-0.3, -0.25) is 4.79 Å². The van der Waals surface area contributed by atoms with Gasteiger partial charge >= 0.3 is 12.1 Å². The molecule has 1 atom stereocenters. The third-order valence-corrected chi connectivity index (χ3v) is 5.85. The van der Waals surface area contributed by atoms with Gasteiger partial charge in [0.25, 0.3) is 0 Å². The zero-order valence-corrected chi connectivity index (χ0v) is 18.4. The zero-order valence-electron chi connectivity index (χ0n) is 18.4. The summed E-state index contributed by atoms with van der Waals surface area (Å²) in [6.45, 7) is 1.85. The lowest BCUT2D eigenvalue weighted by Gasteiger charge is -2.19. The van der Waals surface area contributed by atoms with Crippen LogP contribution in [0.3, 0.4) is 0 Å². The number of carboxylic acid groups (broad SMARTS) is 1. The highest BCUT2D eigenvalue weighted by Crippen LogP contribution is 2.44. The minimum Gasteiger partial charge on any atom is -0.507 e. The number of aromatic carboxylic acids is 1. The Hall–Kier alpha value is -4.33. The van der Waals surface area contributed by atoms with Crippen LogP contribution in [0.15, 0.2) is 66.7 Å². The molecule has 8 heteroatoms. The van der Waals surface area contributed by atoms with Crippen LogP contribution in [-0.2, 0) is 9.53 Å². The van der Waals surface area contributed by atoms with Gasteiger partial charge in [0.15, 0.2) is 0 Å². The molecule has 1 aliphatic carbocycles. The van der Waals surface area contributed by atoms with Crippen molar-refractivity contribution in [2.75, 3.05) is 11.9 Å². The predicted octanol–water partition coefficient (Wildman–Crippen LogP) is 4.35. The number of fused-ring (bicyclic) bond motifs is 3. The van der Waals surface area contributed by atoms with Crippen molar-refractivity contribution in [3.05, 3.63) is 83.4 Å². The van der Waals surface area contributed by atoms with E-state index in [0.29, 0.717) is 6.42 Å². The highest BCUT2D eigenvalue weighted by molar-refractivity contribution is 5.98. The maximum atomic E-state index is 12.6. The maximum Gasteiger partial charge on any atom is 0.407 e. The molecule has 0 aliphatic heterocycles. The predicted molar refractivity (Wildman–Crippen MR) is 126 cm³/mol. The van der Waals surface area contributed by atoms with E-state index in [-0.39, 0.29) is 23.8 Å². The standard InChI is InChI=1S/C26H24N2O6/c1-2-22(24(30)27-15-11-12-23(29)20(13-15)25(31)32)28-26(33)34-14-21-18-9-5-3-7-16(18)17-8-4-6-10-19(17)21/h3-13,21-22,29H,2,14H2,1H3,(H,27,30)(H,28,33)(H,31,32)/t22-/m0/s1. The van der Waals surface area contributed by atoms with E-state index in [2.05, 4.69) is 10.6 Å². The molecule has 4 N–H and O–H groups in total. The lowest BCUT2D eigenvalue weighted by molar-refractivity contribution is -0.118. The number of rotatable bonds is 7. The molecule has 0 heterocycles. The van der Waals surface area contributed by atoms with E-state index in [9.17, 15) is 19.5 Å². The Balaban J connectivity index is 1.39. The highest BCUT2D eigenvalue weighted by Gasteiger charge is 2.29. The molecule has 0 radical (unpaired) electrons. The summed E-state index contributed by atoms with van der Waals surface area (Å²) in [5.41, 5.74) is 4.26. The van der Waals surface area contributed by atoms with Crippen molar-refractivity contribution < 1.29 is 29.3 Å². The number of ether oxygens (including phenoxy) is 1. The summed E-state index contributed by atoms with van der Waals surface area (Å²) < 4.78 is 5.50. The molecule has 0 saturated carbocycles. The van der Waals surface area contributed by atoms with Gasteiger partial charge < -0.3 is 25.6 Å². The first kappa shape index (κ1) is 22.8. The Kier molecular flexibility index (Phi) is 6.49. The molecule has 3 aromatic carbocycles. The monoisotopic (exact) mass is 460 g/mol. The second-order valence-electron chi connectivity index (χ2n) is 7.96. The second-order valence-corrected chi connectivity index (χ2v) is 7.96. The van der Waals surface area contributed by atoms with Gasteiger partial charge in [-0.05, 0) is 46.9 Å². The van der Waals surface area contributed by atoms with Crippen molar-refractivity contribution in [1.29, 1.82) is 0 Å². The Bertz CT molecular complexity index is 1210. The fraction of sp³-hybridized carbons (Fsp3) is 0.192. The van der Waals surface area contributed by atoms with Gasteiger partial charge in [-0.2, -0.15) is 0 Å². The molecule has 4 rings (SSSR count). The average Bonchev–Trinajstić information content (AvgIpc) is 3.16. The van der Waals surface area contributed by atoms with Crippen molar-refractivity contribution in [3.8, 4) is 16.9 Å². The van der Waals surface area contributed by atoms with E-state index >= 15 is 0 Å². The minimum atomic E-state index is -1.32. The van der Waals surface area contributed by atoms with Gasteiger partial charge in [-0.1, -0.05) is 55.5 Å². The summed E-state index contributed by atoms with van der Waals surface area (Å²) in [5, 5.41) is 23.9. The van der Waals surface area contributed by atoms with E-state index in [1.807, 2.05) is 48.5 Å². The molecular formula is C26H24N2O6. The average molecular weight is 460 g/mol. The Morgan fingerprint density at radius 1 is 0.971 bits per heavy atom.